The van der Waals surface area contributed by atoms with E-state index in [9.17, 15) is 0 Å². The second kappa shape index (κ2) is 4.88. The van der Waals surface area contributed by atoms with Gasteiger partial charge < -0.3 is 10.1 Å². The molecule has 88 valence electrons. The van der Waals surface area contributed by atoms with Crippen molar-refractivity contribution >= 4 is 0 Å². The van der Waals surface area contributed by atoms with E-state index >= 15 is 0 Å². The van der Waals surface area contributed by atoms with Crippen LogP contribution in [0.1, 0.15) is 35.4 Å². The van der Waals surface area contributed by atoms with Gasteiger partial charge in [0.05, 0.1) is 7.11 Å². The maximum absolute atomic E-state index is 5.53. The minimum atomic E-state index is 0.615. The molecule has 1 unspecified atom stereocenters. The lowest BCUT2D eigenvalue weighted by Crippen LogP contribution is -2.29. The zero-order chi connectivity index (χ0) is 11.5. The smallest absolute Gasteiger partial charge is 0.122 e. The maximum atomic E-state index is 5.53. The summed E-state index contributed by atoms with van der Waals surface area (Å²) in [5, 5.41) is 3.47. The van der Waals surface area contributed by atoms with Crippen LogP contribution in [0, 0.1) is 13.8 Å². The molecule has 0 spiro atoms. The summed E-state index contributed by atoms with van der Waals surface area (Å²) >= 11 is 0. The topological polar surface area (TPSA) is 21.3 Å². The molecule has 1 aromatic carbocycles. The molecule has 2 rings (SSSR count). The van der Waals surface area contributed by atoms with Crippen LogP contribution in [0.3, 0.4) is 0 Å². The lowest BCUT2D eigenvalue weighted by molar-refractivity contribution is 0.391. The fraction of sp³-hybridized carbons (Fsp3) is 0.571. The molecular formula is C14H21NO. The van der Waals surface area contributed by atoms with Crippen molar-refractivity contribution in [2.24, 2.45) is 0 Å². The first-order chi connectivity index (χ1) is 7.72. The van der Waals surface area contributed by atoms with Crippen molar-refractivity contribution in [3.8, 4) is 5.75 Å². The number of hydrogen-bond acceptors (Lipinski definition) is 2. The lowest BCUT2D eigenvalue weighted by atomic mass is 9.87. The third kappa shape index (κ3) is 2.22. The Bertz CT molecular complexity index is 367. The van der Waals surface area contributed by atoms with Gasteiger partial charge in [-0.2, -0.15) is 0 Å². The van der Waals surface area contributed by atoms with Crippen LogP contribution >= 0.6 is 0 Å². The Morgan fingerprint density at radius 3 is 2.75 bits per heavy atom. The second-order valence-corrected chi connectivity index (χ2v) is 4.74. The van der Waals surface area contributed by atoms with Gasteiger partial charge in [0.25, 0.3) is 0 Å². The van der Waals surface area contributed by atoms with Crippen molar-refractivity contribution in [2.75, 3.05) is 20.2 Å². The molecule has 1 N–H and O–H groups in total. The highest BCUT2D eigenvalue weighted by Crippen LogP contribution is 2.34. The zero-order valence-electron chi connectivity index (χ0n) is 10.5. The molecule has 16 heavy (non-hydrogen) atoms. The van der Waals surface area contributed by atoms with Crippen LogP contribution in [-0.4, -0.2) is 20.2 Å². The van der Waals surface area contributed by atoms with Crippen LogP contribution in [0.25, 0.3) is 0 Å². The highest BCUT2D eigenvalue weighted by Gasteiger charge is 2.20. The number of methoxy groups -OCH3 is 1. The molecule has 2 nitrogen and oxygen atoms in total. The van der Waals surface area contributed by atoms with Crippen LogP contribution < -0.4 is 10.1 Å². The molecule has 0 saturated carbocycles. The maximum Gasteiger partial charge on any atom is 0.122 e. The predicted molar refractivity (Wildman–Crippen MR) is 67.3 cm³/mol. The van der Waals surface area contributed by atoms with E-state index in [0.29, 0.717) is 5.92 Å². The molecule has 0 bridgehead atoms. The normalized spacial score (nSPS) is 20.8. The number of hydrogen-bond donors (Lipinski definition) is 1. The van der Waals surface area contributed by atoms with Gasteiger partial charge in [-0.3, -0.25) is 0 Å². The van der Waals surface area contributed by atoms with Gasteiger partial charge in [0.1, 0.15) is 5.75 Å². The molecule has 1 aliphatic heterocycles. The molecular weight excluding hydrogens is 198 g/mol. The molecule has 0 radical (unpaired) electrons. The van der Waals surface area contributed by atoms with Crippen LogP contribution in [0.5, 0.6) is 5.75 Å². The van der Waals surface area contributed by atoms with Crippen LogP contribution in [0.4, 0.5) is 0 Å². The number of piperidine rings is 1. The van der Waals surface area contributed by atoms with E-state index in [4.69, 9.17) is 4.74 Å². The van der Waals surface area contributed by atoms with E-state index in [1.807, 2.05) is 0 Å². The molecule has 1 atom stereocenters. The fourth-order valence-corrected chi connectivity index (χ4v) is 2.73. The summed E-state index contributed by atoms with van der Waals surface area (Å²) in [7, 11) is 1.77. The molecule has 0 amide bonds. The average Bonchev–Trinajstić information content (AvgIpc) is 2.29. The highest BCUT2D eigenvalue weighted by molar-refractivity contribution is 5.45. The van der Waals surface area contributed by atoms with Gasteiger partial charge in [0.2, 0.25) is 0 Å². The van der Waals surface area contributed by atoms with E-state index in [0.717, 1.165) is 18.8 Å². The minimum Gasteiger partial charge on any atom is -0.496 e. The number of aryl methyl sites for hydroxylation is 2. The summed E-state index contributed by atoms with van der Waals surface area (Å²) < 4.78 is 5.53. The predicted octanol–water partition coefficient (Wildman–Crippen LogP) is 2.78. The SMILES string of the molecule is COc1cc(C)cc(C)c1C1CCCNC1. The van der Waals surface area contributed by atoms with Crippen LogP contribution in [-0.2, 0) is 0 Å². The molecule has 2 heteroatoms. The fourth-order valence-electron chi connectivity index (χ4n) is 2.73. The molecule has 1 fully saturated rings. The monoisotopic (exact) mass is 219 g/mol. The molecule has 1 saturated heterocycles. The average molecular weight is 219 g/mol. The van der Waals surface area contributed by atoms with Gasteiger partial charge in [0, 0.05) is 18.0 Å². The van der Waals surface area contributed by atoms with Crippen molar-refractivity contribution in [3.63, 3.8) is 0 Å². The molecule has 0 aliphatic carbocycles. The number of ether oxygens (including phenoxy) is 1. The number of rotatable bonds is 2. The summed E-state index contributed by atoms with van der Waals surface area (Å²) in [6, 6.07) is 4.41. The Morgan fingerprint density at radius 1 is 1.31 bits per heavy atom. The summed E-state index contributed by atoms with van der Waals surface area (Å²) in [5.74, 6) is 1.68. The first-order valence-electron chi connectivity index (χ1n) is 6.08. The Hall–Kier alpha value is -1.02. The number of nitrogens with one attached hydrogen (secondary N) is 1. The van der Waals surface area contributed by atoms with E-state index in [-0.39, 0.29) is 0 Å². The number of benzene rings is 1. The summed E-state index contributed by atoms with van der Waals surface area (Å²) in [5.41, 5.74) is 4.05. The van der Waals surface area contributed by atoms with Crippen LogP contribution in [0.2, 0.25) is 0 Å². The largest absolute Gasteiger partial charge is 0.496 e. The van der Waals surface area contributed by atoms with Gasteiger partial charge >= 0.3 is 0 Å². The standard InChI is InChI=1S/C14H21NO/c1-10-7-11(2)14(13(8-10)16-3)12-5-4-6-15-9-12/h7-8,12,15H,4-6,9H2,1-3H3. The molecule has 1 aromatic rings. The molecule has 0 aromatic heterocycles. The van der Waals surface area contributed by atoms with E-state index in [1.54, 1.807) is 7.11 Å². The summed E-state index contributed by atoms with van der Waals surface area (Å²) in [4.78, 5) is 0. The quantitative estimate of drug-likeness (QED) is 0.826. The zero-order valence-corrected chi connectivity index (χ0v) is 10.5. The lowest BCUT2D eigenvalue weighted by Gasteiger charge is -2.26. The second-order valence-electron chi connectivity index (χ2n) is 4.74. The van der Waals surface area contributed by atoms with Crippen molar-refractivity contribution in [1.29, 1.82) is 0 Å². The van der Waals surface area contributed by atoms with E-state index < -0.39 is 0 Å². The van der Waals surface area contributed by atoms with Gasteiger partial charge in [-0.25, -0.2) is 0 Å². The van der Waals surface area contributed by atoms with E-state index in [2.05, 4.69) is 31.3 Å². The third-order valence-corrected chi connectivity index (χ3v) is 3.42. The van der Waals surface area contributed by atoms with Crippen molar-refractivity contribution in [2.45, 2.75) is 32.6 Å². The van der Waals surface area contributed by atoms with Gasteiger partial charge in [0.15, 0.2) is 0 Å². The van der Waals surface area contributed by atoms with Crippen molar-refractivity contribution in [1.82, 2.24) is 5.32 Å². The van der Waals surface area contributed by atoms with Gasteiger partial charge in [-0.05, 0) is 50.4 Å². The first kappa shape index (κ1) is 11.5. The minimum absolute atomic E-state index is 0.615. The molecule has 1 aliphatic rings. The Kier molecular flexibility index (Phi) is 3.49. The Labute approximate surface area is 98.0 Å². The van der Waals surface area contributed by atoms with Gasteiger partial charge in [-0.1, -0.05) is 6.07 Å². The third-order valence-electron chi connectivity index (χ3n) is 3.42. The molecule has 1 heterocycles. The van der Waals surface area contributed by atoms with E-state index in [1.165, 1.54) is 29.5 Å². The summed E-state index contributed by atoms with van der Waals surface area (Å²) in [6.07, 6.45) is 2.54. The Morgan fingerprint density at radius 2 is 2.12 bits per heavy atom. The highest BCUT2D eigenvalue weighted by atomic mass is 16.5. The van der Waals surface area contributed by atoms with Crippen molar-refractivity contribution < 1.29 is 4.74 Å². The van der Waals surface area contributed by atoms with Crippen molar-refractivity contribution in [3.05, 3.63) is 28.8 Å². The van der Waals surface area contributed by atoms with Gasteiger partial charge in [-0.15, -0.1) is 0 Å². The summed E-state index contributed by atoms with van der Waals surface area (Å²) in [6.45, 7) is 6.56. The first-order valence-corrected chi connectivity index (χ1v) is 6.08. The van der Waals surface area contributed by atoms with Crippen LogP contribution in [0.15, 0.2) is 12.1 Å². The Balaban J connectivity index is 2.37.